The van der Waals surface area contributed by atoms with Crippen molar-refractivity contribution in [2.45, 2.75) is 12.7 Å². The standard InChI is InChI=1S/C16H12F3N3O3/c1-24-11-6-4-10(5-7-11)14-20-13(21-25-14)9-22-8-2-3-12(15(22)23)16(17,18)19/h2-8H,9H2,1H3. The maximum atomic E-state index is 12.8. The lowest BCUT2D eigenvalue weighted by Gasteiger charge is -2.08. The van der Waals surface area contributed by atoms with Crippen molar-refractivity contribution in [2.75, 3.05) is 7.11 Å². The van der Waals surface area contributed by atoms with Gasteiger partial charge in [0.2, 0.25) is 0 Å². The molecule has 0 aliphatic heterocycles. The molecule has 0 unspecified atom stereocenters. The summed E-state index contributed by atoms with van der Waals surface area (Å²) in [5, 5.41) is 3.71. The van der Waals surface area contributed by atoms with Gasteiger partial charge in [0.05, 0.1) is 13.7 Å². The summed E-state index contributed by atoms with van der Waals surface area (Å²) in [6, 6.07) is 8.69. The van der Waals surface area contributed by atoms with Gasteiger partial charge in [-0.15, -0.1) is 0 Å². The second-order valence-electron chi connectivity index (χ2n) is 5.10. The highest BCUT2D eigenvalue weighted by atomic mass is 19.4. The van der Waals surface area contributed by atoms with E-state index in [2.05, 4.69) is 10.1 Å². The number of aromatic nitrogens is 3. The van der Waals surface area contributed by atoms with E-state index in [1.165, 1.54) is 13.3 Å². The van der Waals surface area contributed by atoms with Crippen molar-refractivity contribution in [2.24, 2.45) is 0 Å². The van der Waals surface area contributed by atoms with Gasteiger partial charge in [0.15, 0.2) is 5.82 Å². The lowest BCUT2D eigenvalue weighted by molar-refractivity contribution is -0.138. The maximum absolute atomic E-state index is 12.8. The van der Waals surface area contributed by atoms with E-state index in [4.69, 9.17) is 9.26 Å². The van der Waals surface area contributed by atoms with E-state index in [1.54, 1.807) is 24.3 Å². The summed E-state index contributed by atoms with van der Waals surface area (Å²) < 4.78 is 49.4. The summed E-state index contributed by atoms with van der Waals surface area (Å²) in [7, 11) is 1.53. The van der Waals surface area contributed by atoms with Gasteiger partial charge in [-0.05, 0) is 36.4 Å². The minimum atomic E-state index is -4.72. The molecule has 0 fully saturated rings. The first-order valence-corrected chi connectivity index (χ1v) is 7.12. The van der Waals surface area contributed by atoms with E-state index >= 15 is 0 Å². The molecule has 0 bridgehead atoms. The van der Waals surface area contributed by atoms with E-state index in [0.717, 1.165) is 16.7 Å². The van der Waals surface area contributed by atoms with Gasteiger partial charge in [0.1, 0.15) is 11.3 Å². The van der Waals surface area contributed by atoms with Crippen LogP contribution in [0.5, 0.6) is 5.75 Å². The normalized spacial score (nSPS) is 11.5. The van der Waals surface area contributed by atoms with Gasteiger partial charge < -0.3 is 13.8 Å². The molecule has 0 N–H and O–H groups in total. The molecule has 0 atom stereocenters. The Morgan fingerprint density at radius 3 is 2.56 bits per heavy atom. The quantitative estimate of drug-likeness (QED) is 0.723. The maximum Gasteiger partial charge on any atom is 0.421 e. The number of rotatable bonds is 4. The van der Waals surface area contributed by atoms with Crippen molar-refractivity contribution in [1.29, 1.82) is 0 Å². The van der Waals surface area contributed by atoms with E-state index in [0.29, 0.717) is 11.3 Å². The molecule has 0 amide bonds. The van der Waals surface area contributed by atoms with Gasteiger partial charge >= 0.3 is 6.18 Å². The van der Waals surface area contributed by atoms with E-state index < -0.39 is 17.3 Å². The Kier molecular flexibility index (Phi) is 4.30. The fourth-order valence-corrected chi connectivity index (χ4v) is 2.20. The van der Waals surface area contributed by atoms with Crippen LogP contribution in [0.1, 0.15) is 11.4 Å². The zero-order valence-electron chi connectivity index (χ0n) is 12.9. The van der Waals surface area contributed by atoms with E-state index in [9.17, 15) is 18.0 Å². The molecule has 0 radical (unpaired) electrons. The molecule has 0 aliphatic carbocycles. The van der Waals surface area contributed by atoms with Gasteiger partial charge in [0.25, 0.3) is 11.4 Å². The molecule has 3 aromatic rings. The second kappa shape index (κ2) is 6.42. The molecule has 0 saturated heterocycles. The molecule has 3 rings (SSSR count). The Morgan fingerprint density at radius 2 is 1.92 bits per heavy atom. The molecule has 25 heavy (non-hydrogen) atoms. The summed E-state index contributed by atoms with van der Waals surface area (Å²) in [6.45, 7) is -0.234. The Bertz CT molecular complexity index is 930. The number of hydrogen-bond acceptors (Lipinski definition) is 5. The lowest BCUT2D eigenvalue weighted by Crippen LogP contribution is -2.28. The van der Waals surface area contributed by atoms with E-state index in [-0.39, 0.29) is 18.3 Å². The van der Waals surface area contributed by atoms with Crippen LogP contribution in [0.3, 0.4) is 0 Å². The molecule has 0 spiro atoms. The largest absolute Gasteiger partial charge is 0.497 e. The molecule has 2 aromatic heterocycles. The summed E-state index contributed by atoms with van der Waals surface area (Å²) in [6.07, 6.45) is -3.48. The summed E-state index contributed by atoms with van der Waals surface area (Å²) in [4.78, 5) is 16.0. The molecule has 2 heterocycles. The first-order valence-electron chi connectivity index (χ1n) is 7.12. The minimum absolute atomic E-state index is 0.0900. The predicted octanol–water partition coefficient (Wildman–Crippen LogP) is 2.97. The number of benzene rings is 1. The van der Waals surface area contributed by atoms with Crippen molar-refractivity contribution in [1.82, 2.24) is 14.7 Å². The highest BCUT2D eigenvalue weighted by molar-refractivity contribution is 5.54. The third-order valence-corrected chi connectivity index (χ3v) is 3.44. The average molecular weight is 351 g/mol. The predicted molar refractivity (Wildman–Crippen MR) is 81.1 cm³/mol. The molecule has 0 aliphatic rings. The van der Waals surface area contributed by atoms with Gasteiger partial charge in [-0.1, -0.05) is 5.16 Å². The molecule has 9 heteroatoms. The van der Waals surface area contributed by atoms with Crippen molar-refractivity contribution >= 4 is 0 Å². The highest BCUT2D eigenvalue weighted by Crippen LogP contribution is 2.26. The molecule has 1 aromatic carbocycles. The third-order valence-electron chi connectivity index (χ3n) is 3.44. The fourth-order valence-electron chi connectivity index (χ4n) is 2.20. The lowest BCUT2D eigenvalue weighted by atomic mass is 10.2. The van der Waals surface area contributed by atoms with Crippen LogP contribution in [0.25, 0.3) is 11.5 Å². The second-order valence-corrected chi connectivity index (χ2v) is 5.10. The summed E-state index contributed by atoms with van der Waals surface area (Å²) >= 11 is 0. The Hall–Kier alpha value is -3.10. The number of pyridine rings is 1. The van der Waals surface area contributed by atoms with Crippen molar-refractivity contribution in [3.05, 3.63) is 64.3 Å². The minimum Gasteiger partial charge on any atom is -0.497 e. The first kappa shape index (κ1) is 16.7. The van der Waals surface area contributed by atoms with Crippen LogP contribution < -0.4 is 10.3 Å². The van der Waals surface area contributed by atoms with Crippen molar-refractivity contribution in [3.8, 4) is 17.2 Å². The van der Waals surface area contributed by atoms with Crippen molar-refractivity contribution < 1.29 is 22.4 Å². The van der Waals surface area contributed by atoms with Crippen LogP contribution in [0.2, 0.25) is 0 Å². The Labute approximate surface area is 139 Å². The molecule has 6 nitrogen and oxygen atoms in total. The van der Waals surface area contributed by atoms with Crippen LogP contribution >= 0.6 is 0 Å². The SMILES string of the molecule is COc1ccc(-c2nc(Cn3cccc(C(F)(F)F)c3=O)no2)cc1. The topological polar surface area (TPSA) is 70.2 Å². The molecular formula is C16H12F3N3O3. The van der Waals surface area contributed by atoms with Crippen LogP contribution in [0, 0.1) is 0 Å². The van der Waals surface area contributed by atoms with Gasteiger partial charge in [-0.2, -0.15) is 18.2 Å². The Morgan fingerprint density at radius 1 is 1.20 bits per heavy atom. The summed E-state index contributed by atoms with van der Waals surface area (Å²) in [5.74, 6) is 0.934. The highest BCUT2D eigenvalue weighted by Gasteiger charge is 2.34. The molecular weight excluding hydrogens is 339 g/mol. The van der Waals surface area contributed by atoms with Gasteiger partial charge in [-0.3, -0.25) is 4.79 Å². The Balaban J connectivity index is 1.85. The zero-order valence-corrected chi connectivity index (χ0v) is 12.9. The average Bonchev–Trinajstić information content (AvgIpc) is 3.04. The smallest absolute Gasteiger partial charge is 0.421 e. The third kappa shape index (κ3) is 3.54. The zero-order chi connectivity index (χ0) is 18.0. The van der Waals surface area contributed by atoms with Crippen LogP contribution in [-0.2, 0) is 12.7 Å². The number of methoxy groups -OCH3 is 1. The molecule has 0 saturated carbocycles. The van der Waals surface area contributed by atoms with E-state index in [1.807, 2.05) is 0 Å². The van der Waals surface area contributed by atoms with Crippen LogP contribution in [0.4, 0.5) is 13.2 Å². The van der Waals surface area contributed by atoms with Crippen LogP contribution in [0.15, 0.2) is 51.9 Å². The first-order chi connectivity index (χ1) is 11.9. The number of halogens is 3. The number of ether oxygens (including phenoxy) is 1. The summed E-state index contributed by atoms with van der Waals surface area (Å²) in [5.41, 5.74) is -1.78. The van der Waals surface area contributed by atoms with Gasteiger partial charge in [0, 0.05) is 11.8 Å². The molecule has 130 valence electrons. The monoisotopic (exact) mass is 351 g/mol. The van der Waals surface area contributed by atoms with Crippen molar-refractivity contribution in [3.63, 3.8) is 0 Å². The number of alkyl halides is 3. The number of nitrogens with zero attached hydrogens (tertiary/aromatic N) is 3. The van der Waals surface area contributed by atoms with Gasteiger partial charge in [-0.25, -0.2) is 0 Å². The number of hydrogen-bond donors (Lipinski definition) is 0. The van der Waals surface area contributed by atoms with Crippen LogP contribution in [-0.4, -0.2) is 21.8 Å². The fraction of sp³-hybridized carbons (Fsp3) is 0.188.